The monoisotopic (exact) mass is 410 g/mol. The number of rotatable bonds is 8. The molecule has 0 amide bonds. The van der Waals surface area contributed by atoms with E-state index in [2.05, 4.69) is 0 Å². The first-order chi connectivity index (χ1) is 13.6. The molecule has 1 aliphatic heterocycles. The van der Waals surface area contributed by atoms with E-state index in [1.54, 1.807) is 29.2 Å². The summed E-state index contributed by atoms with van der Waals surface area (Å²) >= 11 is 0. The zero-order valence-electron chi connectivity index (χ0n) is 16.4. The standard InChI is InChI=1S/C20H29BF2N2O4/c22-20(23)13-14-5-1-2-6-16(14)17(20)25-11-7-15(8-12-25)19(24,18(26)27)9-3-4-10-21(28)29/h1-2,5-6,15,17,28-29H,3-4,7-13,24H2,(H,26,27). The van der Waals surface area contributed by atoms with Crippen LogP contribution in [-0.2, 0) is 11.2 Å². The molecule has 1 saturated heterocycles. The molecule has 2 atom stereocenters. The molecule has 5 N–H and O–H groups in total. The van der Waals surface area contributed by atoms with Gasteiger partial charge in [0, 0.05) is 6.42 Å². The third-order valence-electron chi connectivity index (χ3n) is 6.50. The van der Waals surface area contributed by atoms with Crippen molar-refractivity contribution in [1.29, 1.82) is 0 Å². The molecule has 29 heavy (non-hydrogen) atoms. The molecule has 0 spiro atoms. The predicted molar refractivity (Wildman–Crippen MR) is 106 cm³/mol. The molecule has 160 valence electrons. The van der Waals surface area contributed by atoms with Gasteiger partial charge in [0.05, 0.1) is 6.04 Å². The minimum Gasteiger partial charge on any atom is -0.480 e. The van der Waals surface area contributed by atoms with Gasteiger partial charge in [-0.3, -0.25) is 9.69 Å². The van der Waals surface area contributed by atoms with Crippen molar-refractivity contribution in [3.05, 3.63) is 35.4 Å². The highest BCUT2D eigenvalue weighted by Gasteiger charge is 2.52. The molecule has 3 rings (SSSR count). The number of hydrogen-bond acceptors (Lipinski definition) is 5. The minimum absolute atomic E-state index is 0.171. The first-order valence-electron chi connectivity index (χ1n) is 10.2. The number of alkyl halides is 2. The molecule has 1 aromatic carbocycles. The van der Waals surface area contributed by atoms with Crippen molar-refractivity contribution in [2.45, 2.75) is 62.3 Å². The molecular formula is C20H29BF2N2O4. The molecule has 0 radical (unpaired) electrons. The topological polar surface area (TPSA) is 107 Å². The number of carboxylic acids is 1. The number of carboxylic acid groups (broad SMARTS) is 1. The Balaban J connectivity index is 1.65. The molecule has 0 bridgehead atoms. The van der Waals surface area contributed by atoms with Gasteiger partial charge in [-0.25, -0.2) is 8.78 Å². The number of nitrogens with two attached hydrogens (primary N) is 1. The molecule has 9 heteroatoms. The van der Waals surface area contributed by atoms with E-state index in [0.29, 0.717) is 49.9 Å². The summed E-state index contributed by atoms with van der Waals surface area (Å²) in [6.07, 6.45) is 1.95. The predicted octanol–water partition coefficient (Wildman–Crippen LogP) is 2.06. The van der Waals surface area contributed by atoms with Crippen molar-refractivity contribution in [2.75, 3.05) is 13.1 Å². The Kier molecular flexibility index (Phi) is 6.62. The Bertz CT molecular complexity index is 728. The van der Waals surface area contributed by atoms with Crippen molar-refractivity contribution in [1.82, 2.24) is 4.90 Å². The number of benzene rings is 1. The van der Waals surface area contributed by atoms with Gasteiger partial charge in [0.1, 0.15) is 5.54 Å². The summed E-state index contributed by atoms with van der Waals surface area (Å²) in [5.41, 5.74) is 6.18. The van der Waals surface area contributed by atoms with Gasteiger partial charge in [-0.2, -0.15) is 0 Å². The highest BCUT2D eigenvalue weighted by atomic mass is 19.3. The molecule has 0 aromatic heterocycles. The van der Waals surface area contributed by atoms with E-state index < -0.39 is 30.6 Å². The highest BCUT2D eigenvalue weighted by molar-refractivity contribution is 6.40. The lowest BCUT2D eigenvalue weighted by Crippen LogP contribution is -2.57. The van der Waals surface area contributed by atoms with Gasteiger partial charge >= 0.3 is 13.1 Å². The number of unbranched alkanes of at least 4 members (excludes halogenated alkanes) is 1. The van der Waals surface area contributed by atoms with Crippen LogP contribution in [-0.4, -0.2) is 57.7 Å². The van der Waals surface area contributed by atoms with Gasteiger partial charge in [0.2, 0.25) is 0 Å². The summed E-state index contributed by atoms with van der Waals surface area (Å²) in [5.74, 6) is -4.23. The summed E-state index contributed by atoms with van der Waals surface area (Å²) in [6.45, 7) is 0.752. The fraction of sp³-hybridized carbons (Fsp3) is 0.650. The molecule has 1 heterocycles. The maximum absolute atomic E-state index is 14.7. The van der Waals surface area contributed by atoms with E-state index in [1.165, 1.54) is 0 Å². The van der Waals surface area contributed by atoms with E-state index in [-0.39, 0.29) is 25.1 Å². The second-order valence-corrected chi connectivity index (χ2v) is 8.42. The quantitative estimate of drug-likeness (QED) is 0.386. The van der Waals surface area contributed by atoms with Crippen LogP contribution in [0.1, 0.15) is 49.3 Å². The lowest BCUT2D eigenvalue weighted by atomic mass is 9.74. The molecule has 1 aromatic rings. The van der Waals surface area contributed by atoms with E-state index in [9.17, 15) is 18.7 Å². The lowest BCUT2D eigenvalue weighted by molar-refractivity contribution is -0.147. The van der Waals surface area contributed by atoms with Gasteiger partial charge < -0.3 is 20.9 Å². The summed E-state index contributed by atoms with van der Waals surface area (Å²) in [5, 5.41) is 27.6. The van der Waals surface area contributed by atoms with Crippen LogP contribution in [0, 0.1) is 5.92 Å². The number of aliphatic carboxylic acids is 1. The van der Waals surface area contributed by atoms with Gasteiger partial charge in [-0.05, 0) is 55.7 Å². The first-order valence-corrected chi connectivity index (χ1v) is 10.2. The van der Waals surface area contributed by atoms with Gasteiger partial charge in [0.15, 0.2) is 0 Å². The van der Waals surface area contributed by atoms with Gasteiger partial charge in [-0.1, -0.05) is 37.1 Å². The van der Waals surface area contributed by atoms with Crippen molar-refractivity contribution in [2.24, 2.45) is 11.7 Å². The number of hydrogen-bond donors (Lipinski definition) is 4. The number of likely N-dealkylation sites (tertiary alicyclic amines) is 1. The van der Waals surface area contributed by atoms with Crippen LogP contribution >= 0.6 is 0 Å². The van der Waals surface area contributed by atoms with Crippen LogP contribution in [0.4, 0.5) is 8.78 Å². The van der Waals surface area contributed by atoms with Crippen molar-refractivity contribution in [3.63, 3.8) is 0 Å². The molecule has 6 nitrogen and oxygen atoms in total. The second-order valence-electron chi connectivity index (χ2n) is 8.42. The van der Waals surface area contributed by atoms with Crippen LogP contribution in [0.15, 0.2) is 24.3 Å². The average Bonchev–Trinajstić information content (AvgIpc) is 2.94. The molecular weight excluding hydrogens is 381 g/mol. The summed E-state index contributed by atoms with van der Waals surface area (Å²) in [7, 11) is -1.41. The van der Waals surface area contributed by atoms with Gasteiger partial charge in [-0.15, -0.1) is 0 Å². The normalized spacial score (nSPS) is 24.1. The Morgan fingerprint density at radius 2 is 1.90 bits per heavy atom. The third-order valence-corrected chi connectivity index (χ3v) is 6.50. The van der Waals surface area contributed by atoms with Crippen LogP contribution in [0.3, 0.4) is 0 Å². The zero-order valence-corrected chi connectivity index (χ0v) is 16.4. The Hall–Kier alpha value is -1.55. The van der Waals surface area contributed by atoms with Crippen LogP contribution < -0.4 is 5.73 Å². The fourth-order valence-electron chi connectivity index (χ4n) is 4.91. The molecule has 2 unspecified atom stereocenters. The maximum Gasteiger partial charge on any atom is 0.451 e. The van der Waals surface area contributed by atoms with Crippen molar-refractivity contribution >= 4 is 13.1 Å². The first kappa shape index (κ1) is 22.1. The Labute approximate surface area is 169 Å². The number of nitrogens with zero attached hydrogens (tertiary/aromatic N) is 1. The SMILES string of the molecule is NC(CCCCB(O)O)(C(=O)O)C1CCN(C2c3ccccc3CC2(F)F)CC1. The molecule has 1 aliphatic carbocycles. The van der Waals surface area contributed by atoms with E-state index in [4.69, 9.17) is 15.8 Å². The molecule has 2 aliphatic rings. The summed E-state index contributed by atoms with van der Waals surface area (Å²) in [6, 6.07) is 6.08. The third kappa shape index (κ3) is 4.63. The van der Waals surface area contributed by atoms with E-state index in [1.807, 2.05) is 0 Å². The van der Waals surface area contributed by atoms with Crippen LogP contribution in [0.5, 0.6) is 0 Å². The van der Waals surface area contributed by atoms with E-state index in [0.717, 1.165) is 0 Å². The number of piperidine rings is 1. The number of carbonyl (C=O) groups is 1. The van der Waals surface area contributed by atoms with Crippen molar-refractivity contribution < 1.29 is 28.7 Å². The maximum atomic E-state index is 14.7. The fourth-order valence-corrected chi connectivity index (χ4v) is 4.91. The number of fused-ring (bicyclic) bond motifs is 1. The van der Waals surface area contributed by atoms with Crippen LogP contribution in [0.2, 0.25) is 6.32 Å². The summed E-state index contributed by atoms with van der Waals surface area (Å²) < 4.78 is 29.4. The zero-order chi connectivity index (χ0) is 21.2. The lowest BCUT2D eigenvalue weighted by Gasteiger charge is -2.43. The minimum atomic E-state index is -2.84. The van der Waals surface area contributed by atoms with E-state index >= 15 is 0 Å². The summed E-state index contributed by atoms with van der Waals surface area (Å²) in [4.78, 5) is 13.7. The van der Waals surface area contributed by atoms with Crippen LogP contribution in [0.25, 0.3) is 0 Å². The Morgan fingerprint density at radius 3 is 2.52 bits per heavy atom. The second kappa shape index (κ2) is 8.67. The Morgan fingerprint density at radius 1 is 1.24 bits per heavy atom. The van der Waals surface area contributed by atoms with Crippen molar-refractivity contribution in [3.8, 4) is 0 Å². The largest absolute Gasteiger partial charge is 0.480 e. The smallest absolute Gasteiger partial charge is 0.451 e. The number of halogens is 2. The highest BCUT2D eigenvalue weighted by Crippen LogP contribution is 2.48. The van der Waals surface area contributed by atoms with Gasteiger partial charge in [0.25, 0.3) is 5.92 Å². The molecule has 1 fully saturated rings. The molecule has 0 saturated carbocycles. The average molecular weight is 410 g/mol.